The lowest BCUT2D eigenvalue weighted by Gasteiger charge is -2.12. The second-order valence-electron chi connectivity index (χ2n) is 17.1. The molecule has 4 aromatic carbocycles. The van der Waals surface area contributed by atoms with Gasteiger partial charge in [-0.1, -0.05) is 153 Å². The number of hydrogen-bond donors (Lipinski definition) is 3. The van der Waals surface area contributed by atoms with Crippen LogP contribution in [0.25, 0.3) is 0 Å². The lowest BCUT2D eigenvalue weighted by Crippen LogP contribution is -2.19. The van der Waals surface area contributed by atoms with E-state index < -0.39 is 17.7 Å². The molecule has 0 aliphatic heterocycles. The van der Waals surface area contributed by atoms with Crippen molar-refractivity contribution >= 4 is 34.8 Å². The summed E-state index contributed by atoms with van der Waals surface area (Å²) >= 11 is 0. The fraction of sp³-hybridized carbons (Fsp3) is 0.381. The van der Waals surface area contributed by atoms with Crippen LogP contribution in [-0.4, -0.2) is 17.7 Å². The lowest BCUT2D eigenvalue weighted by molar-refractivity contribution is 0.102. The van der Waals surface area contributed by atoms with Crippen LogP contribution in [0.2, 0.25) is 0 Å². The molecule has 4 aromatic rings. The van der Waals surface area contributed by atoms with Gasteiger partial charge >= 0.3 is 0 Å². The van der Waals surface area contributed by atoms with Crippen molar-refractivity contribution in [2.75, 3.05) is 16.0 Å². The highest BCUT2D eigenvalue weighted by Crippen LogP contribution is 2.19. The third kappa shape index (κ3) is 23.3. The van der Waals surface area contributed by atoms with Gasteiger partial charge in [-0.05, 0) is 146 Å². The van der Waals surface area contributed by atoms with Crippen molar-refractivity contribution in [2.45, 2.75) is 156 Å². The second kappa shape index (κ2) is 34.0. The first-order chi connectivity index (χ1) is 33.9. The van der Waals surface area contributed by atoms with Crippen molar-refractivity contribution in [3.63, 3.8) is 0 Å². The zero-order valence-electron chi connectivity index (χ0n) is 41.2. The molecular formula is C63H69N3O3. The van der Waals surface area contributed by atoms with Gasteiger partial charge in [0, 0.05) is 69.7 Å². The minimum Gasteiger partial charge on any atom is -0.322 e. The van der Waals surface area contributed by atoms with E-state index >= 15 is 0 Å². The van der Waals surface area contributed by atoms with Gasteiger partial charge in [0.1, 0.15) is 0 Å². The molecule has 0 saturated heterocycles. The zero-order chi connectivity index (χ0) is 49.0. The van der Waals surface area contributed by atoms with E-state index in [0.717, 1.165) is 55.2 Å². The average Bonchev–Trinajstić information content (AvgIpc) is 3.37. The van der Waals surface area contributed by atoms with Gasteiger partial charge in [0.15, 0.2) is 0 Å². The highest BCUT2D eigenvalue weighted by Gasteiger charge is 2.18. The Morgan fingerprint density at radius 3 is 0.841 bits per heavy atom. The van der Waals surface area contributed by atoms with E-state index in [1.165, 1.54) is 115 Å². The second-order valence-corrected chi connectivity index (χ2v) is 17.1. The van der Waals surface area contributed by atoms with Crippen LogP contribution in [0.4, 0.5) is 17.1 Å². The number of unbranched alkanes of at least 4 members (excludes halogenated alkanes) is 18. The number of amides is 3. The van der Waals surface area contributed by atoms with Gasteiger partial charge in [-0.15, -0.1) is 0 Å². The maximum absolute atomic E-state index is 13.8. The summed E-state index contributed by atoms with van der Waals surface area (Å²) < 4.78 is 0. The van der Waals surface area contributed by atoms with E-state index in [2.05, 4.69) is 108 Å². The van der Waals surface area contributed by atoms with E-state index in [9.17, 15) is 14.4 Å². The lowest BCUT2D eigenvalue weighted by atomic mass is 10.0. The number of carbonyl (C=O) groups is 3. The van der Waals surface area contributed by atoms with Crippen LogP contribution in [0.3, 0.4) is 0 Å². The molecule has 6 nitrogen and oxygen atoms in total. The molecule has 0 radical (unpaired) electrons. The number of benzene rings is 4. The third-order valence-corrected chi connectivity index (χ3v) is 11.2. The fourth-order valence-electron chi connectivity index (χ4n) is 7.15. The summed E-state index contributed by atoms with van der Waals surface area (Å²) in [5.74, 6) is 34.7. The van der Waals surface area contributed by atoms with E-state index in [-0.39, 0.29) is 16.7 Å². The Morgan fingerprint density at radius 2 is 0.580 bits per heavy atom. The molecule has 3 N–H and O–H groups in total. The number of anilines is 3. The highest BCUT2D eigenvalue weighted by atomic mass is 16.2. The first-order valence-corrected chi connectivity index (χ1v) is 25.2. The number of hydrogen-bond acceptors (Lipinski definition) is 3. The van der Waals surface area contributed by atoms with Crippen LogP contribution in [-0.2, 0) is 0 Å². The molecule has 0 spiro atoms. The highest BCUT2D eigenvalue weighted by molar-refractivity contribution is 6.13. The molecule has 0 aromatic heterocycles. The molecule has 0 bridgehead atoms. The van der Waals surface area contributed by atoms with Crippen LogP contribution >= 0.6 is 0 Å². The summed E-state index contributed by atoms with van der Waals surface area (Å²) in [7, 11) is 0. The number of nitrogens with one attached hydrogen (secondary N) is 3. The van der Waals surface area contributed by atoms with Crippen molar-refractivity contribution in [2.24, 2.45) is 0 Å². The Hall–Kier alpha value is -7.35. The molecule has 6 heteroatoms. The first-order valence-electron chi connectivity index (χ1n) is 25.2. The maximum atomic E-state index is 13.8. The maximum Gasteiger partial charge on any atom is 0.255 e. The van der Waals surface area contributed by atoms with Crippen molar-refractivity contribution in [3.8, 4) is 71.0 Å². The Morgan fingerprint density at radius 1 is 0.333 bits per heavy atom. The molecule has 354 valence electrons. The number of carbonyl (C=O) groups excluding carboxylic acids is 3. The van der Waals surface area contributed by atoms with Gasteiger partial charge in [-0.3, -0.25) is 14.4 Å². The third-order valence-electron chi connectivity index (χ3n) is 11.2. The van der Waals surface area contributed by atoms with E-state index in [1.807, 2.05) is 36.4 Å². The van der Waals surface area contributed by atoms with Gasteiger partial charge in [0.05, 0.1) is 0 Å². The van der Waals surface area contributed by atoms with Gasteiger partial charge in [0.25, 0.3) is 17.7 Å². The molecule has 0 aliphatic rings. The minimum absolute atomic E-state index is 0.128. The zero-order valence-corrected chi connectivity index (χ0v) is 41.2. The van der Waals surface area contributed by atoms with Crippen molar-refractivity contribution < 1.29 is 14.4 Å². The summed E-state index contributed by atoms with van der Waals surface area (Å²) in [6.07, 6.45) is 24.6. The molecule has 0 aliphatic carbocycles. The molecule has 69 heavy (non-hydrogen) atoms. The predicted octanol–water partition coefficient (Wildman–Crippen LogP) is 14.8. The van der Waals surface area contributed by atoms with Crippen LogP contribution < -0.4 is 16.0 Å². The quantitative estimate of drug-likeness (QED) is 0.0483. The van der Waals surface area contributed by atoms with Crippen molar-refractivity contribution in [1.29, 1.82) is 0 Å². The fourth-order valence-corrected chi connectivity index (χ4v) is 7.15. The van der Waals surface area contributed by atoms with E-state index in [4.69, 9.17) is 0 Å². The molecule has 0 atom stereocenters. The molecule has 4 rings (SSSR count). The van der Waals surface area contributed by atoms with Gasteiger partial charge < -0.3 is 16.0 Å². The molecule has 0 heterocycles. The molecule has 0 unspecified atom stereocenters. The Labute approximate surface area is 414 Å². The van der Waals surface area contributed by atoms with Crippen molar-refractivity contribution in [3.05, 3.63) is 124 Å². The van der Waals surface area contributed by atoms with Crippen LogP contribution in [0.5, 0.6) is 0 Å². The molecule has 3 amide bonds. The molecule has 0 fully saturated rings. The monoisotopic (exact) mass is 916 g/mol. The van der Waals surface area contributed by atoms with Crippen LogP contribution in [0.1, 0.15) is 203 Å². The standard InChI is InChI=1S/C63H69N3O3/c1-4-7-10-13-16-19-22-25-28-31-34-52-37-43-58(44-38-52)64-61(67)55-49-56(62(68)65-59-45-39-53(40-46-59)35-32-29-26-23-20-17-14-11-8-5-2)51-57(50-55)63(69)66-60-47-41-54(42-48-60)36-33-30-27-24-21-18-15-12-9-6-3/h37-51H,4-24H2,1-3H3,(H,64,67)(H,65,68)(H,66,69). The summed E-state index contributed by atoms with van der Waals surface area (Å²) in [6, 6.07) is 25.8. The average molecular weight is 916 g/mol. The summed E-state index contributed by atoms with van der Waals surface area (Å²) in [5, 5.41) is 8.68. The summed E-state index contributed by atoms with van der Waals surface area (Å²) in [5.41, 5.74) is 4.26. The van der Waals surface area contributed by atoms with Crippen molar-refractivity contribution in [1.82, 2.24) is 0 Å². The minimum atomic E-state index is -0.492. The first kappa shape index (κ1) is 54.3. The van der Waals surface area contributed by atoms with E-state index in [1.54, 1.807) is 36.4 Å². The topological polar surface area (TPSA) is 87.3 Å². The predicted molar refractivity (Wildman–Crippen MR) is 288 cm³/mol. The Balaban J connectivity index is 1.43. The smallest absolute Gasteiger partial charge is 0.255 e. The van der Waals surface area contributed by atoms with Gasteiger partial charge in [0.2, 0.25) is 0 Å². The van der Waals surface area contributed by atoms with Gasteiger partial charge in [-0.25, -0.2) is 0 Å². The summed E-state index contributed by atoms with van der Waals surface area (Å²) in [4.78, 5) is 41.3. The van der Waals surface area contributed by atoms with E-state index in [0.29, 0.717) is 17.1 Å². The Kier molecular flexibility index (Phi) is 26.7. The largest absolute Gasteiger partial charge is 0.322 e. The SMILES string of the molecule is CCCCCCCCC#CC#Cc1ccc(NC(=O)c2cc(C(=O)Nc3ccc(C#CC#CCCCCCCCC)cc3)cc(C(=O)Nc3ccc(C#CC#CCCCCCCCC)cc3)c2)cc1. The van der Waals surface area contributed by atoms with Crippen LogP contribution in [0.15, 0.2) is 91.0 Å². The molecular weight excluding hydrogens is 847 g/mol. The summed E-state index contributed by atoms with van der Waals surface area (Å²) in [6.45, 7) is 6.66. The van der Waals surface area contributed by atoms with Crippen LogP contribution in [0, 0.1) is 71.0 Å². The number of rotatable bonds is 24. The normalized spacial score (nSPS) is 9.78. The van der Waals surface area contributed by atoms with Gasteiger partial charge in [-0.2, -0.15) is 0 Å². The molecule has 0 saturated carbocycles. The Bertz CT molecular complexity index is 2320.